The van der Waals surface area contributed by atoms with Crippen molar-refractivity contribution in [2.45, 2.75) is 45.6 Å². The van der Waals surface area contributed by atoms with Crippen LogP contribution in [-0.2, 0) is 6.42 Å². The van der Waals surface area contributed by atoms with E-state index in [1.54, 1.807) is 6.07 Å². The summed E-state index contributed by atoms with van der Waals surface area (Å²) in [6, 6.07) is 4.13. The van der Waals surface area contributed by atoms with Gasteiger partial charge in [-0.15, -0.1) is 0 Å². The highest BCUT2D eigenvalue weighted by atomic mass is 19.2. The first-order chi connectivity index (χ1) is 8.97. The topological polar surface area (TPSA) is 26.0 Å². The van der Waals surface area contributed by atoms with Gasteiger partial charge in [0.2, 0.25) is 0 Å². The minimum atomic E-state index is -0.794. The summed E-state index contributed by atoms with van der Waals surface area (Å²) >= 11 is 0. The molecule has 0 heterocycles. The van der Waals surface area contributed by atoms with Crippen LogP contribution in [-0.4, -0.2) is 6.04 Å². The Morgan fingerprint density at radius 1 is 1.16 bits per heavy atom. The predicted molar refractivity (Wildman–Crippen MR) is 73.7 cm³/mol. The Kier molecular flexibility index (Phi) is 4.56. The van der Waals surface area contributed by atoms with Gasteiger partial charge in [-0.05, 0) is 54.7 Å². The third kappa shape index (κ3) is 3.53. The summed E-state index contributed by atoms with van der Waals surface area (Å²) in [6.07, 6.45) is 4.14. The van der Waals surface area contributed by atoms with E-state index in [2.05, 4.69) is 13.8 Å². The van der Waals surface area contributed by atoms with E-state index in [9.17, 15) is 8.78 Å². The lowest BCUT2D eigenvalue weighted by Crippen LogP contribution is -2.37. The summed E-state index contributed by atoms with van der Waals surface area (Å²) in [5.74, 6) is 0.397. The first kappa shape index (κ1) is 14.4. The lowest BCUT2D eigenvalue weighted by atomic mass is 9.72. The summed E-state index contributed by atoms with van der Waals surface area (Å²) < 4.78 is 26.0. The van der Waals surface area contributed by atoms with Crippen molar-refractivity contribution in [1.82, 2.24) is 0 Å². The van der Waals surface area contributed by atoms with Crippen LogP contribution in [0.4, 0.5) is 8.78 Å². The Labute approximate surface area is 114 Å². The lowest BCUT2D eigenvalue weighted by Gasteiger charge is -2.35. The summed E-state index contributed by atoms with van der Waals surface area (Å²) in [4.78, 5) is 0. The number of rotatable bonds is 3. The number of hydrogen-bond donors (Lipinski definition) is 1. The minimum absolute atomic E-state index is 0.0415. The SMILES string of the molecule is CC1CCC(C(N)Cc2ccc(F)c(F)c2)CC1C. The molecular weight excluding hydrogens is 244 g/mol. The zero-order chi connectivity index (χ0) is 14.0. The second-order valence-electron chi connectivity index (χ2n) is 6.14. The molecule has 0 spiro atoms. The fourth-order valence-corrected chi connectivity index (χ4v) is 3.08. The van der Waals surface area contributed by atoms with Gasteiger partial charge in [-0.2, -0.15) is 0 Å². The van der Waals surface area contributed by atoms with E-state index in [4.69, 9.17) is 5.73 Å². The molecule has 106 valence electrons. The van der Waals surface area contributed by atoms with Crippen LogP contribution >= 0.6 is 0 Å². The second kappa shape index (κ2) is 6.00. The molecule has 3 heteroatoms. The highest BCUT2D eigenvalue weighted by Gasteiger charge is 2.28. The van der Waals surface area contributed by atoms with Crippen molar-refractivity contribution in [2.75, 3.05) is 0 Å². The molecule has 1 aliphatic carbocycles. The maximum atomic E-state index is 13.2. The van der Waals surface area contributed by atoms with Gasteiger partial charge < -0.3 is 5.73 Å². The Balaban J connectivity index is 1.97. The average Bonchev–Trinajstić information content (AvgIpc) is 2.37. The zero-order valence-electron chi connectivity index (χ0n) is 11.7. The van der Waals surface area contributed by atoms with Gasteiger partial charge in [0.1, 0.15) is 0 Å². The molecule has 1 fully saturated rings. The number of halogens is 2. The Morgan fingerprint density at radius 2 is 1.89 bits per heavy atom. The quantitative estimate of drug-likeness (QED) is 0.883. The molecule has 0 aliphatic heterocycles. The molecule has 2 rings (SSSR count). The van der Waals surface area contributed by atoms with Crippen LogP contribution in [0.25, 0.3) is 0 Å². The monoisotopic (exact) mass is 267 g/mol. The average molecular weight is 267 g/mol. The Hall–Kier alpha value is -0.960. The summed E-state index contributed by atoms with van der Waals surface area (Å²) in [6.45, 7) is 4.57. The molecule has 1 aromatic rings. The third-order valence-electron chi connectivity index (χ3n) is 4.70. The minimum Gasteiger partial charge on any atom is -0.327 e. The van der Waals surface area contributed by atoms with E-state index in [0.717, 1.165) is 24.3 Å². The van der Waals surface area contributed by atoms with Gasteiger partial charge in [-0.3, -0.25) is 0 Å². The van der Waals surface area contributed by atoms with Crippen LogP contribution in [0.5, 0.6) is 0 Å². The molecule has 1 saturated carbocycles. The van der Waals surface area contributed by atoms with Crippen LogP contribution in [0.2, 0.25) is 0 Å². The van der Waals surface area contributed by atoms with Gasteiger partial charge in [0.25, 0.3) is 0 Å². The van der Waals surface area contributed by atoms with Gasteiger partial charge in [-0.1, -0.05) is 26.3 Å². The van der Waals surface area contributed by atoms with E-state index in [1.165, 1.54) is 18.6 Å². The third-order valence-corrected chi connectivity index (χ3v) is 4.70. The van der Waals surface area contributed by atoms with Crippen molar-refractivity contribution in [3.8, 4) is 0 Å². The van der Waals surface area contributed by atoms with Crippen LogP contribution < -0.4 is 5.73 Å². The van der Waals surface area contributed by atoms with Crippen LogP contribution in [0.3, 0.4) is 0 Å². The van der Waals surface area contributed by atoms with Gasteiger partial charge in [0.15, 0.2) is 11.6 Å². The molecular formula is C16H23F2N. The van der Waals surface area contributed by atoms with E-state index in [0.29, 0.717) is 18.3 Å². The van der Waals surface area contributed by atoms with Gasteiger partial charge >= 0.3 is 0 Å². The Bertz CT molecular complexity index is 433. The van der Waals surface area contributed by atoms with E-state index in [1.807, 2.05) is 0 Å². The smallest absolute Gasteiger partial charge is 0.159 e. The molecule has 0 aromatic heterocycles. The molecule has 4 unspecified atom stereocenters. The molecule has 0 amide bonds. The molecule has 2 N–H and O–H groups in total. The van der Waals surface area contributed by atoms with Crippen LogP contribution in [0.15, 0.2) is 18.2 Å². The molecule has 1 nitrogen and oxygen atoms in total. The maximum absolute atomic E-state index is 13.2. The van der Waals surface area contributed by atoms with Gasteiger partial charge in [0, 0.05) is 6.04 Å². The zero-order valence-corrected chi connectivity index (χ0v) is 11.7. The largest absolute Gasteiger partial charge is 0.327 e. The van der Waals surface area contributed by atoms with Crippen LogP contribution in [0.1, 0.15) is 38.7 Å². The van der Waals surface area contributed by atoms with Gasteiger partial charge in [-0.25, -0.2) is 8.78 Å². The first-order valence-corrected chi connectivity index (χ1v) is 7.17. The first-order valence-electron chi connectivity index (χ1n) is 7.17. The molecule has 1 aliphatic rings. The molecule has 0 bridgehead atoms. The number of nitrogens with two attached hydrogens (primary N) is 1. The Morgan fingerprint density at radius 3 is 2.53 bits per heavy atom. The molecule has 4 atom stereocenters. The fourth-order valence-electron chi connectivity index (χ4n) is 3.08. The van der Waals surface area contributed by atoms with Crippen molar-refractivity contribution in [3.05, 3.63) is 35.4 Å². The molecule has 0 saturated heterocycles. The predicted octanol–water partition coefficient (Wildman–Crippen LogP) is 3.91. The molecule has 19 heavy (non-hydrogen) atoms. The molecule has 0 radical (unpaired) electrons. The normalized spacial score (nSPS) is 29.2. The number of hydrogen-bond acceptors (Lipinski definition) is 1. The van der Waals surface area contributed by atoms with Crippen molar-refractivity contribution in [2.24, 2.45) is 23.5 Å². The van der Waals surface area contributed by atoms with E-state index in [-0.39, 0.29) is 6.04 Å². The highest BCUT2D eigenvalue weighted by molar-refractivity contribution is 5.19. The second-order valence-corrected chi connectivity index (χ2v) is 6.14. The fraction of sp³-hybridized carbons (Fsp3) is 0.625. The summed E-state index contributed by atoms with van der Waals surface area (Å²) in [5.41, 5.74) is 7.05. The van der Waals surface area contributed by atoms with Crippen molar-refractivity contribution < 1.29 is 8.78 Å². The van der Waals surface area contributed by atoms with Gasteiger partial charge in [0.05, 0.1) is 0 Å². The van der Waals surface area contributed by atoms with Crippen molar-refractivity contribution in [3.63, 3.8) is 0 Å². The summed E-state index contributed by atoms with van der Waals surface area (Å²) in [7, 11) is 0. The van der Waals surface area contributed by atoms with Crippen molar-refractivity contribution in [1.29, 1.82) is 0 Å². The summed E-state index contributed by atoms with van der Waals surface area (Å²) in [5, 5.41) is 0. The van der Waals surface area contributed by atoms with E-state index < -0.39 is 11.6 Å². The van der Waals surface area contributed by atoms with Crippen molar-refractivity contribution >= 4 is 0 Å². The standard InChI is InChI=1S/C16H23F2N/c1-10-3-5-13(7-11(10)2)16(19)9-12-4-6-14(17)15(18)8-12/h4,6,8,10-11,13,16H,3,5,7,9,19H2,1-2H3. The maximum Gasteiger partial charge on any atom is 0.159 e. The number of benzene rings is 1. The van der Waals surface area contributed by atoms with E-state index >= 15 is 0 Å². The molecule has 1 aromatic carbocycles. The lowest BCUT2D eigenvalue weighted by molar-refractivity contribution is 0.185. The van der Waals surface area contributed by atoms with Crippen LogP contribution in [0, 0.1) is 29.4 Å². The highest BCUT2D eigenvalue weighted by Crippen LogP contribution is 2.35.